The number of benzene rings is 3. The average Bonchev–Trinajstić information content (AvgIpc) is 2.90. The molecular weight excluding hydrogens is 452 g/mol. The topological polar surface area (TPSA) is 67.9 Å². The van der Waals surface area contributed by atoms with E-state index in [1.807, 2.05) is 72.8 Å². The van der Waals surface area contributed by atoms with E-state index in [0.29, 0.717) is 24.6 Å². The molecule has 0 heterocycles. The van der Waals surface area contributed by atoms with Gasteiger partial charge in [-0.1, -0.05) is 74.5 Å². The first kappa shape index (κ1) is 26.8. The Morgan fingerprint density at radius 1 is 0.833 bits per heavy atom. The third-order valence-electron chi connectivity index (χ3n) is 5.91. The zero-order chi connectivity index (χ0) is 25.8. The highest BCUT2D eigenvalue weighted by molar-refractivity contribution is 5.88. The fraction of sp³-hybridized carbons (Fsp3) is 0.333. The molecule has 36 heavy (non-hydrogen) atoms. The first-order valence-corrected chi connectivity index (χ1v) is 12.4. The lowest BCUT2D eigenvalue weighted by Crippen LogP contribution is -2.52. The van der Waals surface area contributed by atoms with Crippen molar-refractivity contribution < 1.29 is 19.1 Å². The number of hydrogen-bond donors (Lipinski definition) is 1. The normalized spacial score (nSPS) is 11.6. The molecule has 3 aromatic carbocycles. The summed E-state index contributed by atoms with van der Waals surface area (Å²) in [5, 5.41) is 3.05. The molecule has 0 spiro atoms. The lowest BCUT2D eigenvalue weighted by Gasteiger charge is -2.31. The third-order valence-corrected chi connectivity index (χ3v) is 5.91. The molecule has 3 rings (SSSR count). The van der Waals surface area contributed by atoms with Crippen LogP contribution in [0.4, 0.5) is 0 Å². The predicted molar refractivity (Wildman–Crippen MR) is 142 cm³/mol. The number of rotatable bonds is 13. The number of hydrogen-bond acceptors (Lipinski definition) is 4. The molecule has 2 amide bonds. The number of carbonyl (C=O) groups is 2. The van der Waals surface area contributed by atoms with Crippen molar-refractivity contribution in [1.29, 1.82) is 0 Å². The van der Waals surface area contributed by atoms with Crippen molar-refractivity contribution in [2.75, 3.05) is 20.3 Å². The summed E-state index contributed by atoms with van der Waals surface area (Å²) < 4.78 is 11.0. The van der Waals surface area contributed by atoms with Gasteiger partial charge in [0.25, 0.3) is 5.91 Å². The van der Waals surface area contributed by atoms with Crippen LogP contribution < -0.4 is 14.8 Å². The molecule has 0 radical (unpaired) electrons. The number of ether oxygens (including phenoxy) is 2. The van der Waals surface area contributed by atoms with Crippen molar-refractivity contribution in [3.63, 3.8) is 0 Å². The minimum Gasteiger partial charge on any atom is -0.497 e. The number of para-hydroxylation sites is 1. The zero-order valence-corrected chi connectivity index (χ0v) is 21.4. The van der Waals surface area contributed by atoms with Crippen molar-refractivity contribution in [3.8, 4) is 11.5 Å². The molecule has 0 aliphatic heterocycles. The summed E-state index contributed by atoms with van der Waals surface area (Å²) >= 11 is 0. The van der Waals surface area contributed by atoms with Crippen LogP contribution in [0.2, 0.25) is 0 Å². The van der Waals surface area contributed by atoms with E-state index in [1.165, 1.54) is 0 Å². The third kappa shape index (κ3) is 8.45. The summed E-state index contributed by atoms with van der Waals surface area (Å²) in [5.41, 5.74) is 1.88. The Kier molecular flexibility index (Phi) is 10.4. The second-order valence-corrected chi connectivity index (χ2v) is 9.15. The van der Waals surface area contributed by atoms with Crippen LogP contribution in [0.25, 0.3) is 0 Å². The molecular formula is C30H36N2O4. The molecule has 6 heteroatoms. The number of nitrogens with one attached hydrogen (secondary N) is 1. The van der Waals surface area contributed by atoms with Crippen molar-refractivity contribution in [2.45, 2.75) is 39.3 Å². The molecule has 0 aromatic heterocycles. The largest absolute Gasteiger partial charge is 0.497 e. The number of carbonyl (C=O) groups excluding carboxylic acids is 2. The molecule has 0 unspecified atom stereocenters. The minimum atomic E-state index is -0.687. The van der Waals surface area contributed by atoms with E-state index in [0.717, 1.165) is 23.3 Å². The van der Waals surface area contributed by atoms with Gasteiger partial charge in [0.05, 0.1) is 7.11 Å². The highest BCUT2D eigenvalue weighted by Crippen LogP contribution is 2.18. The van der Waals surface area contributed by atoms with Gasteiger partial charge in [0, 0.05) is 19.5 Å². The highest BCUT2D eigenvalue weighted by Gasteiger charge is 2.30. The predicted octanol–water partition coefficient (Wildman–Crippen LogP) is 4.88. The summed E-state index contributed by atoms with van der Waals surface area (Å²) in [6, 6.07) is 25.8. The maximum absolute atomic E-state index is 13.6. The SMILES string of the molecule is COc1ccc(CN(C(=O)COc2ccccc2)[C@@H](Cc2ccccc2)C(=O)NCCC(C)C)cc1. The molecule has 0 bridgehead atoms. The molecule has 0 saturated carbocycles. The van der Waals surface area contributed by atoms with Gasteiger partial charge in [-0.3, -0.25) is 9.59 Å². The Morgan fingerprint density at radius 3 is 2.08 bits per heavy atom. The summed E-state index contributed by atoms with van der Waals surface area (Å²) in [5.74, 6) is 1.39. The standard InChI is InChI=1S/C30H36N2O4/c1-23(2)18-19-31-30(34)28(20-24-10-6-4-7-11-24)32(21-25-14-16-26(35-3)17-15-25)29(33)22-36-27-12-8-5-9-13-27/h4-17,23,28H,18-22H2,1-3H3,(H,31,34)/t28-/m0/s1. The van der Waals surface area contributed by atoms with Gasteiger partial charge >= 0.3 is 0 Å². The van der Waals surface area contributed by atoms with Crippen LogP contribution in [0.3, 0.4) is 0 Å². The zero-order valence-electron chi connectivity index (χ0n) is 21.4. The summed E-state index contributed by atoms with van der Waals surface area (Å²) in [6.45, 7) is 4.91. The van der Waals surface area contributed by atoms with Crippen molar-refractivity contribution in [3.05, 3.63) is 96.1 Å². The monoisotopic (exact) mass is 488 g/mol. The summed E-state index contributed by atoms with van der Waals surface area (Å²) in [4.78, 5) is 28.7. The van der Waals surface area contributed by atoms with Gasteiger partial charge in [0.15, 0.2) is 6.61 Å². The van der Waals surface area contributed by atoms with E-state index in [1.54, 1.807) is 24.1 Å². The number of methoxy groups -OCH3 is 1. The Morgan fingerprint density at radius 2 is 1.47 bits per heavy atom. The van der Waals surface area contributed by atoms with Crippen LogP contribution >= 0.6 is 0 Å². The maximum atomic E-state index is 13.6. The summed E-state index contributed by atoms with van der Waals surface area (Å²) in [7, 11) is 1.61. The van der Waals surface area contributed by atoms with Gasteiger partial charge in [-0.15, -0.1) is 0 Å². The molecule has 1 atom stereocenters. The van der Waals surface area contributed by atoms with Gasteiger partial charge in [-0.2, -0.15) is 0 Å². The van der Waals surface area contributed by atoms with E-state index in [9.17, 15) is 9.59 Å². The molecule has 0 aliphatic rings. The van der Waals surface area contributed by atoms with Crippen LogP contribution in [-0.4, -0.2) is 43.0 Å². The molecule has 1 N–H and O–H groups in total. The lowest BCUT2D eigenvalue weighted by molar-refractivity contribution is -0.142. The Labute approximate surface area is 214 Å². The van der Waals surface area contributed by atoms with Crippen LogP contribution in [0.5, 0.6) is 11.5 Å². The highest BCUT2D eigenvalue weighted by atomic mass is 16.5. The van der Waals surface area contributed by atoms with E-state index in [4.69, 9.17) is 9.47 Å². The van der Waals surface area contributed by atoms with Gasteiger partial charge in [0.1, 0.15) is 17.5 Å². The average molecular weight is 489 g/mol. The number of nitrogens with zero attached hydrogens (tertiary/aromatic N) is 1. The Bertz CT molecular complexity index is 1070. The first-order valence-electron chi connectivity index (χ1n) is 12.4. The fourth-order valence-electron chi connectivity index (χ4n) is 3.83. The van der Waals surface area contributed by atoms with E-state index in [-0.39, 0.29) is 25.0 Å². The van der Waals surface area contributed by atoms with Crippen molar-refractivity contribution in [2.24, 2.45) is 5.92 Å². The second kappa shape index (κ2) is 13.9. The number of amides is 2. The van der Waals surface area contributed by atoms with Crippen molar-refractivity contribution >= 4 is 11.8 Å². The quantitative estimate of drug-likeness (QED) is 0.373. The van der Waals surface area contributed by atoms with E-state index in [2.05, 4.69) is 19.2 Å². The van der Waals surface area contributed by atoms with Crippen molar-refractivity contribution in [1.82, 2.24) is 10.2 Å². The van der Waals surface area contributed by atoms with Gasteiger partial charge < -0.3 is 19.7 Å². The smallest absolute Gasteiger partial charge is 0.261 e. The Hall–Kier alpha value is -3.80. The molecule has 0 fully saturated rings. The molecule has 6 nitrogen and oxygen atoms in total. The first-order chi connectivity index (χ1) is 17.5. The van der Waals surface area contributed by atoms with Gasteiger partial charge in [-0.25, -0.2) is 0 Å². The molecule has 0 aliphatic carbocycles. The molecule has 3 aromatic rings. The Balaban J connectivity index is 1.87. The van der Waals surface area contributed by atoms with E-state index < -0.39 is 6.04 Å². The van der Waals surface area contributed by atoms with Gasteiger partial charge in [-0.05, 0) is 47.7 Å². The van der Waals surface area contributed by atoms with Crippen LogP contribution in [0, 0.1) is 5.92 Å². The van der Waals surface area contributed by atoms with Crippen LogP contribution in [0.15, 0.2) is 84.9 Å². The van der Waals surface area contributed by atoms with Crippen LogP contribution in [-0.2, 0) is 22.6 Å². The van der Waals surface area contributed by atoms with Gasteiger partial charge in [0.2, 0.25) is 5.91 Å². The fourth-order valence-corrected chi connectivity index (χ4v) is 3.83. The van der Waals surface area contributed by atoms with E-state index >= 15 is 0 Å². The lowest BCUT2D eigenvalue weighted by atomic mass is 10.0. The second-order valence-electron chi connectivity index (χ2n) is 9.15. The van der Waals surface area contributed by atoms with Crippen LogP contribution in [0.1, 0.15) is 31.4 Å². The maximum Gasteiger partial charge on any atom is 0.261 e. The molecule has 190 valence electrons. The summed E-state index contributed by atoms with van der Waals surface area (Å²) in [6.07, 6.45) is 1.27. The minimum absolute atomic E-state index is 0.162. The molecule has 0 saturated heterocycles.